The molecule has 0 atom stereocenters. The third-order valence-electron chi connectivity index (χ3n) is 5.47. The van der Waals surface area contributed by atoms with Crippen molar-refractivity contribution in [1.82, 2.24) is 24.3 Å². The molecule has 7 heteroatoms. The van der Waals surface area contributed by atoms with Crippen LogP contribution < -0.4 is 0 Å². The van der Waals surface area contributed by atoms with E-state index in [-0.39, 0.29) is 5.91 Å². The fourth-order valence-electron chi connectivity index (χ4n) is 3.66. The largest absolute Gasteiger partial charge is 0.444 e. The van der Waals surface area contributed by atoms with Crippen LogP contribution >= 0.6 is 0 Å². The average Bonchev–Trinajstić information content (AvgIpc) is 3.28. The first-order valence-corrected chi connectivity index (χ1v) is 10.1. The molecule has 0 unspecified atom stereocenters. The fourth-order valence-corrected chi connectivity index (χ4v) is 3.66. The third-order valence-corrected chi connectivity index (χ3v) is 5.47. The lowest BCUT2D eigenvalue weighted by molar-refractivity contribution is -0.130. The Morgan fingerprint density at radius 2 is 1.93 bits per heavy atom. The van der Waals surface area contributed by atoms with Crippen LogP contribution in [0.2, 0.25) is 0 Å². The smallest absolute Gasteiger partial charge is 0.227 e. The quantitative estimate of drug-likeness (QED) is 0.667. The number of aryl methyl sites for hydroxylation is 2. The van der Waals surface area contributed by atoms with Crippen molar-refractivity contribution < 1.29 is 9.21 Å². The highest BCUT2D eigenvalue weighted by Gasteiger charge is 2.20. The molecule has 3 heterocycles. The first-order chi connectivity index (χ1) is 14.1. The van der Waals surface area contributed by atoms with Gasteiger partial charge in [0.2, 0.25) is 11.8 Å². The SMILES string of the molecule is Cc1nc(CN2CCCN(C(=O)Cc3ccc(-n4ccnc4)cc3)CC2)oc1C. The van der Waals surface area contributed by atoms with Gasteiger partial charge in [0.1, 0.15) is 5.76 Å². The summed E-state index contributed by atoms with van der Waals surface area (Å²) in [7, 11) is 0. The minimum Gasteiger partial charge on any atom is -0.444 e. The Bertz CT molecular complexity index is 927. The first kappa shape index (κ1) is 19.4. The Morgan fingerprint density at radius 3 is 2.62 bits per heavy atom. The molecule has 1 amide bonds. The minimum atomic E-state index is 0.185. The van der Waals surface area contributed by atoms with Gasteiger partial charge >= 0.3 is 0 Å². The molecule has 4 rings (SSSR count). The van der Waals surface area contributed by atoms with Crippen molar-refractivity contribution in [2.75, 3.05) is 26.2 Å². The van der Waals surface area contributed by atoms with Crippen molar-refractivity contribution in [3.63, 3.8) is 0 Å². The molecule has 29 heavy (non-hydrogen) atoms. The lowest BCUT2D eigenvalue weighted by atomic mass is 10.1. The van der Waals surface area contributed by atoms with Crippen LogP contribution in [0.1, 0.15) is 29.3 Å². The highest BCUT2D eigenvalue weighted by Crippen LogP contribution is 2.14. The zero-order chi connectivity index (χ0) is 20.2. The third kappa shape index (κ3) is 4.74. The molecule has 152 valence electrons. The van der Waals surface area contributed by atoms with Gasteiger partial charge in [0.05, 0.1) is 25.0 Å². The Labute approximate surface area is 171 Å². The molecule has 7 nitrogen and oxygen atoms in total. The Hall–Kier alpha value is -2.93. The van der Waals surface area contributed by atoms with E-state index in [4.69, 9.17) is 4.42 Å². The van der Waals surface area contributed by atoms with E-state index < -0.39 is 0 Å². The van der Waals surface area contributed by atoms with Gasteiger partial charge in [-0.25, -0.2) is 9.97 Å². The maximum atomic E-state index is 12.8. The van der Waals surface area contributed by atoms with Crippen LogP contribution in [0.4, 0.5) is 0 Å². The van der Waals surface area contributed by atoms with Gasteiger partial charge in [0, 0.05) is 44.3 Å². The summed E-state index contributed by atoms with van der Waals surface area (Å²) in [6, 6.07) is 8.08. The van der Waals surface area contributed by atoms with Crippen molar-refractivity contribution in [1.29, 1.82) is 0 Å². The van der Waals surface area contributed by atoms with Gasteiger partial charge in [-0.3, -0.25) is 9.69 Å². The monoisotopic (exact) mass is 393 g/mol. The summed E-state index contributed by atoms with van der Waals surface area (Å²) in [6.45, 7) is 7.93. The number of carbonyl (C=O) groups is 1. The topological polar surface area (TPSA) is 67.4 Å². The highest BCUT2D eigenvalue weighted by atomic mass is 16.4. The molecule has 1 aromatic carbocycles. The van der Waals surface area contributed by atoms with Gasteiger partial charge in [0.25, 0.3) is 0 Å². The summed E-state index contributed by atoms with van der Waals surface area (Å²) in [5.41, 5.74) is 3.03. The molecule has 0 saturated carbocycles. The van der Waals surface area contributed by atoms with Crippen molar-refractivity contribution >= 4 is 5.91 Å². The zero-order valence-corrected chi connectivity index (χ0v) is 17.0. The maximum Gasteiger partial charge on any atom is 0.227 e. The van der Waals surface area contributed by atoms with Crippen LogP contribution in [-0.4, -0.2) is 56.4 Å². The van der Waals surface area contributed by atoms with Crippen molar-refractivity contribution in [3.8, 4) is 5.69 Å². The molecular weight excluding hydrogens is 366 g/mol. The molecule has 0 radical (unpaired) electrons. The Morgan fingerprint density at radius 1 is 1.10 bits per heavy atom. The Kier molecular flexibility index (Phi) is 5.76. The van der Waals surface area contributed by atoms with Crippen LogP contribution in [0.5, 0.6) is 0 Å². The van der Waals surface area contributed by atoms with E-state index in [9.17, 15) is 4.79 Å². The van der Waals surface area contributed by atoms with Crippen LogP contribution in [0, 0.1) is 13.8 Å². The fraction of sp³-hybridized carbons (Fsp3) is 0.409. The van der Waals surface area contributed by atoms with E-state index in [1.807, 2.05) is 53.8 Å². The van der Waals surface area contributed by atoms with Gasteiger partial charge in [-0.1, -0.05) is 12.1 Å². The average molecular weight is 393 g/mol. The van der Waals surface area contributed by atoms with E-state index in [2.05, 4.69) is 14.9 Å². The number of imidazole rings is 1. The van der Waals surface area contributed by atoms with E-state index >= 15 is 0 Å². The van der Waals surface area contributed by atoms with Crippen LogP contribution in [0.15, 0.2) is 47.4 Å². The normalized spacial score (nSPS) is 15.4. The van der Waals surface area contributed by atoms with Gasteiger partial charge in [-0.15, -0.1) is 0 Å². The van der Waals surface area contributed by atoms with E-state index in [0.717, 1.165) is 61.2 Å². The summed E-state index contributed by atoms with van der Waals surface area (Å²) < 4.78 is 7.66. The number of amides is 1. The van der Waals surface area contributed by atoms with Crippen molar-refractivity contribution in [3.05, 3.63) is 65.9 Å². The number of oxazole rings is 1. The number of hydrogen-bond donors (Lipinski definition) is 0. The molecule has 3 aromatic rings. The van der Waals surface area contributed by atoms with E-state index in [1.165, 1.54) is 0 Å². The molecule has 1 aliphatic heterocycles. The number of nitrogens with zero attached hydrogens (tertiary/aromatic N) is 5. The molecule has 0 N–H and O–H groups in total. The predicted molar refractivity (Wildman–Crippen MR) is 110 cm³/mol. The lowest BCUT2D eigenvalue weighted by Crippen LogP contribution is -2.36. The number of hydrogen-bond acceptors (Lipinski definition) is 5. The van der Waals surface area contributed by atoms with Gasteiger partial charge in [-0.2, -0.15) is 0 Å². The standard InChI is InChI=1S/C22H27N5O2/c1-17-18(2)29-21(24-17)15-25-9-3-10-26(13-12-25)22(28)14-19-4-6-20(7-5-19)27-11-8-23-16-27/h4-8,11,16H,3,9-10,12-15H2,1-2H3. The maximum absolute atomic E-state index is 12.8. The zero-order valence-electron chi connectivity index (χ0n) is 17.0. The summed E-state index contributed by atoms with van der Waals surface area (Å²) in [6.07, 6.45) is 6.82. The number of carbonyl (C=O) groups excluding carboxylic acids is 1. The second-order valence-corrected chi connectivity index (χ2v) is 7.57. The first-order valence-electron chi connectivity index (χ1n) is 10.1. The molecule has 1 fully saturated rings. The molecule has 2 aromatic heterocycles. The highest BCUT2D eigenvalue weighted by molar-refractivity contribution is 5.78. The predicted octanol–water partition coefficient (Wildman–Crippen LogP) is 2.75. The van der Waals surface area contributed by atoms with Crippen molar-refractivity contribution in [2.24, 2.45) is 0 Å². The summed E-state index contributed by atoms with van der Waals surface area (Å²) in [4.78, 5) is 25.6. The molecule has 0 aliphatic carbocycles. The van der Waals surface area contributed by atoms with Gasteiger partial charge in [-0.05, 0) is 38.0 Å². The van der Waals surface area contributed by atoms with Crippen LogP contribution in [0.3, 0.4) is 0 Å². The molecule has 0 bridgehead atoms. The molecule has 1 saturated heterocycles. The Balaban J connectivity index is 1.31. The summed E-state index contributed by atoms with van der Waals surface area (Å²) in [5, 5.41) is 0. The number of aromatic nitrogens is 3. The minimum absolute atomic E-state index is 0.185. The van der Waals surface area contributed by atoms with E-state index in [1.54, 1.807) is 12.5 Å². The summed E-state index contributed by atoms with van der Waals surface area (Å²) >= 11 is 0. The second kappa shape index (κ2) is 8.61. The molecule has 0 spiro atoms. The van der Waals surface area contributed by atoms with Gasteiger partial charge < -0.3 is 13.9 Å². The van der Waals surface area contributed by atoms with Crippen LogP contribution in [0.25, 0.3) is 5.69 Å². The number of rotatable bonds is 5. The summed E-state index contributed by atoms with van der Waals surface area (Å²) in [5.74, 6) is 1.83. The number of benzene rings is 1. The molecule has 1 aliphatic rings. The van der Waals surface area contributed by atoms with Gasteiger partial charge in [0.15, 0.2) is 0 Å². The second-order valence-electron chi connectivity index (χ2n) is 7.57. The van der Waals surface area contributed by atoms with Crippen LogP contribution in [-0.2, 0) is 17.8 Å². The lowest BCUT2D eigenvalue weighted by Gasteiger charge is -2.21. The van der Waals surface area contributed by atoms with Crippen molar-refractivity contribution in [2.45, 2.75) is 33.2 Å². The van der Waals surface area contributed by atoms with E-state index in [0.29, 0.717) is 13.0 Å². The molecular formula is C22H27N5O2.